The Labute approximate surface area is 150 Å². The minimum absolute atomic E-state index is 0.0414. The number of likely N-dealkylation sites (tertiary alicyclic amines) is 1. The molecule has 3 aliphatic rings. The van der Waals surface area contributed by atoms with E-state index >= 15 is 0 Å². The number of hydrogen-bond donors (Lipinski definition) is 0. The van der Waals surface area contributed by atoms with Gasteiger partial charge in [-0.25, -0.2) is 0 Å². The van der Waals surface area contributed by atoms with E-state index in [9.17, 15) is 9.59 Å². The van der Waals surface area contributed by atoms with Crippen LogP contribution in [-0.2, 0) is 9.53 Å². The number of carbonyl (C=O) groups excluding carboxylic acids is 2. The molecule has 3 aliphatic heterocycles. The summed E-state index contributed by atoms with van der Waals surface area (Å²) in [5.74, 6) is 0.0247. The SMILES string of the molecule is Cc1cc(C(=O)N2CC[C@@]34O[C@@H](c5ccccc5)CN3C(=O)C[C@@H]24)on1. The van der Waals surface area contributed by atoms with Crippen LogP contribution in [0, 0.1) is 6.92 Å². The van der Waals surface area contributed by atoms with E-state index in [0.29, 0.717) is 31.6 Å². The summed E-state index contributed by atoms with van der Waals surface area (Å²) in [6.07, 6.45) is 0.747. The number of carbonyl (C=O) groups is 2. The number of ether oxygens (including phenoxy) is 1. The van der Waals surface area contributed by atoms with E-state index in [1.165, 1.54) is 0 Å². The maximum absolute atomic E-state index is 12.9. The minimum atomic E-state index is -0.720. The van der Waals surface area contributed by atoms with Crippen LogP contribution in [0.4, 0.5) is 0 Å². The van der Waals surface area contributed by atoms with E-state index in [2.05, 4.69) is 5.16 Å². The summed E-state index contributed by atoms with van der Waals surface area (Å²) in [4.78, 5) is 29.0. The molecule has 1 spiro atoms. The lowest BCUT2D eigenvalue weighted by Crippen LogP contribution is -2.48. The summed E-state index contributed by atoms with van der Waals surface area (Å²) in [6, 6.07) is 11.3. The zero-order valence-electron chi connectivity index (χ0n) is 14.4. The van der Waals surface area contributed by atoms with Crippen molar-refractivity contribution >= 4 is 11.8 Å². The summed E-state index contributed by atoms with van der Waals surface area (Å²) in [5.41, 5.74) is 0.994. The number of amides is 2. The number of nitrogens with zero attached hydrogens (tertiary/aromatic N) is 3. The van der Waals surface area contributed by atoms with Crippen LogP contribution in [-0.4, -0.2) is 51.6 Å². The summed E-state index contributed by atoms with van der Waals surface area (Å²) >= 11 is 0. The number of benzene rings is 1. The van der Waals surface area contributed by atoms with E-state index < -0.39 is 5.72 Å². The first-order valence-electron chi connectivity index (χ1n) is 8.86. The fraction of sp³-hybridized carbons (Fsp3) is 0.421. The van der Waals surface area contributed by atoms with Crippen LogP contribution < -0.4 is 0 Å². The molecular formula is C19H19N3O4. The fourth-order valence-electron chi connectivity index (χ4n) is 4.51. The molecule has 2 aromatic rings. The van der Waals surface area contributed by atoms with Gasteiger partial charge in [-0.15, -0.1) is 0 Å². The highest BCUT2D eigenvalue weighted by Gasteiger charge is 2.65. The molecule has 7 heteroatoms. The molecule has 134 valence electrons. The third-order valence-corrected chi connectivity index (χ3v) is 5.70. The molecule has 4 heterocycles. The molecule has 0 saturated carbocycles. The quantitative estimate of drug-likeness (QED) is 0.824. The average Bonchev–Trinajstić information content (AvgIpc) is 3.37. The van der Waals surface area contributed by atoms with Gasteiger partial charge in [-0.05, 0) is 12.5 Å². The lowest BCUT2D eigenvalue weighted by Gasteiger charge is -2.31. The standard InChI is InChI=1S/C19H19N3O4/c1-12-9-14(26-20-12)18(24)21-8-7-19-16(21)10-17(23)22(19)11-15(25-19)13-5-3-2-4-6-13/h2-6,9,15-16H,7-8,10-11H2,1H3/t15-,16-,19+/m1/s1. The summed E-state index contributed by atoms with van der Waals surface area (Å²) in [5, 5.41) is 3.79. The average molecular weight is 353 g/mol. The number of hydrogen-bond acceptors (Lipinski definition) is 5. The van der Waals surface area contributed by atoms with Gasteiger partial charge in [0, 0.05) is 19.0 Å². The molecule has 1 aromatic heterocycles. The van der Waals surface area contributed by atoms with Gasteiger partial charge in [0.05, 0.1) is 24.7 Å². The van der Waals surface area contributed by atoms with Crippen molar-refractivity contribution in [2.75, 3.05) is 13.1 Å². The van der Waals surface area contributed by atoms with Crippen molar-refractivity contribution in [3.8, 4) is 0 Å². The molecule has 0 unspecified atom stereocenters. The van der Waals surface area contributed by atoms with Crippen LogP contribution in [0.1, 0.15) is 40.8 Å². The van der Waals surface area contributed by atoms with Gasteiger partial charge in [0.1, 0.15) is 6.10 Å². The highest BCUT2D eigenvalue weighted by atomic mass is 16.5. The van der Waals surface area contributed by atoms with Gasteiger partial charge in [0.25, 0.3) is 5.91 Å². The van der Waals surface area contributed by atoms with Gasteiger partial charge < -0.3 is 19.1 Å². The van der Waals surface area contributed by atoms with Crippen LogP contribution >= 0.6 is 0 Å². The monoisotopic (exact) mass is 353 g/mol. The lowest BCUT2D eigenvalue weighted by atomic mass is 10.1. The molecule has 0 aliphatic carbocycles. The molecule has 5 rings (SSSR count). The first-order valence-corrected chi connectivity index (χ1v) is 8.86. The Morgan fingerprint density at radius 3 is 2.85 bits per heavy atom. The molecule has 3 saturated heterocycles. The van der Waals surface area contributed by atoms with Crippen molar-refractivity contribution in [3.63, 3.8) is 0 Å². The molecule has 3 atom stereocenters. The van der Waals surface area contributed by atoms with Gasteiger partial charge in [-0.2, -0.15) is 0 Å². The molecule has 2 amide bonds. The van der Waals surface area contributed by atoms with Crippen molar-refractivity contribution < 1.29 is 18.8 Å². The maximum Gasteiger partial charge on any atom is 0.292 e. The van der Waals surface area contributed by atoms with Gasteiger partial charge >= 0.3 is 0 Å². The van der Waals surface area contributed by atoms with Crippen LogP contribution in [0.3, 0.4) is 0 Å². The van der Waals surface area contributed by atoms with E-state index in [1.807, 2.05) is 35.2 Å². The Morgan fingerprint density at radius 2 is 2.12 bits per heavy atom. The number of aromatic nitrogens is 1. The number of rotatable bonds is 2. The van der Waals surface area contributed by atoms with E-state index in [4.69, 9.17) is 9.26 Å². The summed E-state index contributed by atoms with van der Waals surface area (Å²) < 4.78 is 11.6. The Morgan fingerprint density at radius 1 is 1.31 bits per heavy atom. The Kier molecular flexibility index (Phi) is 3.24. The molecule has 0 N–H and O–H groups in total. The second-order valence-electron chi connectivity index (χ2n) is 7.17. The normalized spacial score (nSPS) is 30.0. The summed E-state index contributed by atoms with van der Waals surface area (Å²) in [7, 11) is 0. The zero-order chi connectivity index (χ0) is 17.9. The Balaban J connectivity index is 1.45. The first kappa shape index (κ1) is 15.6. The third kappa shape index (κ3) is 2.07. The largest absolute Gasteiger partial charge is 0.351 e. The Hall–Kier alpha value is -2.67. The number of aryl methyl sites for hydroxylation is 1. The van der Waals surface area contributed by atoms with Crippen molar-refractivity contribution in [3.05, 3.63) is 53.4 Å². The molecule has 0 radical (unpaired) electrons. The van der Waals surface area contributed by atoms with Crippen molar-refractivity contribution in [2.24, 2.45) is 0 Å². The highest BCUT2D eigenvalue weighted by molar-refractivity contribution is 5.93. The molecule has 3 fully saturated rings. The minimum Gasteiger partial charge on any atom is -0.351 e. The van der Waals surface area contributed by atoms with Gasteiger partial charge in [-0.3, -0.25) is 9.59 Å². The molecule has 26 heavy (non-hydrogen) atoms. The topological polar surface area (TPSA) is 75.9 Å². The van der Waals surface area contributed by atoms with E-state index in [0.717, 1.165) is 5.56 Å². The first-order chi connectivity index (χ1) is 12.6. The van der Waals surface area contributed by atoms with E-state index in [1.54, 1.807) is 17.9 Å². The van der Waals surface area contributed by atoms with Crippen molar-refractivity contribution in [1.29, 1.82) is 0 Å². The maximum atomic E-state index is 12.9. The van der Waals surface area contributed by atoms with Crippen molar-refractivity contribution in [1.82, 2.24) is 15.0 Å². The molecular weight excluding hydrogens is 334 g/mol. The smallest absolute Gasteiger partial charge is 0.292 e. The van der Waals surface area contributed by atoms with E-state index in [-0.39, 0.29) is 29.7 Å². The highest BCUT2D eigenvalue weighted by Crippen LogP contribution is 2.50. The molecule has 0 bridgehead atoms. The van der Waals surface area contributed by atoms with Crippen LogP contribution in [0.25, 0.3) is 0 Å². The lowest BCUT2D eigenvalue weighted by molar-refractivity contribution is -0.138. The van der Waals surface area contributed by atoms with Gasteiger partial charge in [-0.1, -0.05) is 35.5 Å². The predicted molar refractivity (Wildman–Crippen MR) is 90.0 cm³/mol. The Bertz CT molecular complexity index is 880. The third-order valence-electron chi connectivity index (χ3n) is 5.70. The van der Waals surface area contributed by atoms with Crippen LogP contribution in [0.2, 0.25) is 0 Å². The fourth-order valence-corrected chi connectivity index (χ4v) is 4.51. The second-order valence-corrected chi connectivity index (χ2v) is 7.17. The summed E-state index contributed by atoms with van der Waals surface area (Å²) in [6.45, 7) is 2.84. The van der Waals surface area contributed by atoms with Gasteiger partial charge in [0.2, 0.25) is 11.7 Å². The predicted octanol–water partition coefficient (Wildman–Crippen LogP) is 1.90. The van der Waals surface area contributed by atoms with Crippen molar-refractivity contribution in [2.45, 2.75) is 37.6 Å². The molecule has 7 nitrogen and oxygen atoms in total. The van der Waals surface area contributed by atoms with Gasteiger partial charge in [0.15, 0.2) is 5.72 Å². The second kappa shape index (κ2) is 5.41. The van der Waals surface area contributed by atoms with Crippen LogP contribution in [0.5, 0.6) is 0 Å². The zero-order valence-corrected chi connectivity index (χ0v) is 14.4. The molecule has 1 aromatic carbocycles. The van der Waals surface area contributed by atoms with Crippen LogP contribution in [0.15, 0.2) is 40.9 Å².